The molecule has 2 unspecified atom stereocenters. The Hall–Kier alpha value is -3.62. The Morgan fingerprint density at radius 2 is 2.09 bits per heavy atom. The van der Waals surface area contributed by atoms with Crippen molar-refractivity contribution in [1.29, 1.82) is 5.26 Å². The Balaban J connectivity index is 1.39. The number of nitriles is 1. The molecule has 2 fully saturated rings. The predicted molar refractivity (Wildman–Crippen MR) is 167 cm³/mol. The molecule has 43 heavy (non-hydrogen) atoms. The highest BCUT2D eigenvalue weighted by Crippen LogP contribution is 2.36. The van der Waals surface area contributed by atoms with E-state index < -0.39 is 0 Å². The van der Waals surface area contributed by atoms with E-state index in [0.717, 1.165) is 55.6 Å². The van der Waals surface area contributed by atoms with Crippen LogP contribution in [0.15, 0.2) is 30.9 Å². The van der Waals surface area contributed by atoms with E-state index in [-0.39, 0.29) is 30.4 Å². The number of aldehydes is 1. The van der Waals surface area contributed by atoms with Crippen LogP contribution in [-0.4, -0.2) is 96.2 Å². The van der Waals surface area contributed by atoms with Crippen LogP contribution in [0.2, 0.25) is 0 Å². The van der Waals surface area contributed by atoms with Gasteiger partial charge in [-0.2, -0.15) is 27.0 Å². The number of anilines is 1. The molecule has 0 spiro atoms. The number of rotatable bonds is 11. The fourth-order valence-electron chi connectivity index (χ4n) is 6.29. The summed E-state index contributed by atoms with van der Waals surface area (Å²) in [4.78, 5) is 40.5. The standard InChI is InChI=1S/C32H40N6O4S/c1-4-30(40)38-15-14-37(18-24(38)11-12-33)31-28(10-9-27-17-22-7-8-26(41-3)16-23(22)21-43-27)29(19-39)34-32(35-31)42-20-25-6-5-13-36(25)2/h4,7-8,16,19,24-25,27H,1,5-6,9-11,13-15,17-18,20-21H2,2-3H3/t24?,25?,27-/m0/s1. The maximum absolute atomic E-state index is 12.5. The molecule has 228 valence electrons. The number of hydrogen-bond acceptors (Lipinski definition) is 10. The largest absolute Gasteiger partial charge is 0.497 e. The highest BCUT2D eigenvalue weighted by Gasteiger charge is 2.33. The highest BCUT2D eigenvalue weighted by molar-refractivity contribution is 7.99. The van der Waals surface area contributed by atoms with Crippen LogP contribution < -0.4 is 14.4 Å². The van der Waals surface area contributed by atoms with Gasteiger partial charge >= 0.3 is 6.01 Å². The van der Waals surface area contributed by atoms with E-state index in [0.29, 0.717) is 49.4 Å². The van der Waals surface area contributed by atoms with E-state index >= 15 is 0 Å². The van der Waals surface area contributed by atoms with Crippen LogP contribution in [-0.2, 0) is 23.4 Å². The van der Waals surface area contributed by atoms with Crippen LogP contribution in [0.1, 0.15) is 52.9 Å². The van der Waals surface area contributed by atoms with Crippen molar-refractivity contribution in [1.82, 2.24) is 19.8 Å². The molecule has 0 radical (unpaired) electrons. The molecule has 3 atom stereocenters. The maximum atomic E-state index is 12.5. The van der Waals surface area contributed by atoms with Gasteiger partial charge in [-0.3, -0.25) is 9.59 Å². The van der Waals surface area contributed by atoms with Crippen molar-refractivity contribution in [3.05, 3.63) is 53.2 Å². The molecular formula is C32H40N6O4S. The van der Waals surface area contributed by atoms with Gasteiger partial charge in [-0.15, -0.1) is 0 Å². The first-order chi connectivity index (χ1) is 20.9. The minimum atomic E-state index is -0.314. The maximum Gasteiger partial charge on any atom is 0.319 e. The summed E-state index contributed by atoms with van der Waals surface area (Å²) in [5, 5.41) is 9.90. The summed E-state index contributed by atoms with van der Waals surface area (Å²) in [7, 11) is 3.78. The van der Waals surface area contributed by atoms with Crippen LogP contribution in [0.25, 0.3) is 0 Å². The zero-order valence-electron chi connectivity index (χ0n) is 25.0. The summed E-state index contributed by atoms with van der Waals surface area (Å²) in [6, 6.07) is 8.67. The van der Waals surface area contributed by atoms with E-state index in [4.69, 9.17) is 14.5 Å². The number of aromatic nitrogens is 2. The summed E-state index contributed by atoms with van der Waals surface area (Å²) in [6.07, 6.45) is 6.89. The van der Waals surface area contributed by atoms with Crippen molar-refractivity contribution >= 4 is 29.8 Å². The minimum absolute atomic E-state index is 0.187. The number of nitrogens with zero attached hydrogens (tertiary/aromatic N) is 6. The molecule has 0 N–H and O–H groups in total. The predicted octanol–water partition coefficient (Wildman–Crippen LogP) is 3.68. The molecule has 1 aromatic heterocycles. The average Bonchev–Trinajstić information content (AvgIpc) is 3.46. The Morgan fingerprint density at radius 3 is 2.81 bits per heavy atom. The second-order valence-electron chi connectivity index (χ2n) is 11.4. The summed E-state index contributed by atoms with van der Waals surface area (Å²) in [6.45, 7) is 6.49. The van der Waals surface area contributed by atoms with Crippen molar-refractivity contribution in [2.75, 3.05) is 51.8 Å². The molecule has 4 heterocycles. The number of piperazine rings is 1. The summed E-state index contributed by atoms with van der Waals surface area (Å²) in [5.41, 5.74) is 3.77. The Labute approximate surface area is 258 Å². The lowest BCUT2D eigenvalue weighted by Crippen LogP contribution is -2.55. The van der Waals surface area contributed by atoms with Gasteiger partial charge in [0.1, 0.15) is 23.9 Å². The van der Waals surface area contributed by atoms with Gasteiger partial charge in [0.2, 0.25) is 5.91 Å². The molecular weight excluding hydrogens is 564 g/mol. The van der Waals surface area contributed by atoms with Gasteiger partial charge < -0.3 is 24.2 Å². The number of methoxy groups -OCH3 is 1. The van der Waals surface area contributed by atoms with Gasteiger partial charge in [0.05, 0.1) is 25.6 Å². The van der Waals surface area contributed by atoms with E-state index in [1.165, 1.54) is 17.2 Å². The number of benzene rings is 1. The quantitative estimate of drug-likeness (QED) is 0.278. The zero-order valence-corrected chi connectivity index (χ0v) is 25.9. The van der Waals surface area contributed by atoms with Gasteiger partial charge in [-0.05, 0) is 75.0 Å². The number of likely N-dealkylation sites (tertiary alicyclic amines) is 1. The third-order valence-corrected chi connectivity index (χ3v) is 10.2. The van der Waals surface area contributed by atoms with E-state index in [9.17, 15) is 14.9 Å². The number of carbonyl (C=O) groups excluding carboxylic acids is 2. The van der Waals surface area contributed by atoms with Gasteiger partial charge in [0.25, 0.3) is 0 Å². The number of amides is 1. The second kappa shape index (κ2) is 14.2. The molecule has 0 aliphatic carbocycles. The van der Waals surface area contributed by atoms with Crippen molar-refractivity contribution < 1.29 is 19.1 Å². The number of fused-ring (bicyclic) bond motifs is 1. The second-order valence-corrected chi connectivity index (χ2v) is 12.7. The number of carbonyl (C=O) groups is 2. The molecule has 3 aliphatic heterocycles. The van der Waals surface area contributed by atoms with Crippen molar-refractivity contribution in [2.45, 2.75) is 61.6 Å². The molecule has 0 saturated carbocycles. The van der Waals surface area contributed by atoms with E-state index in [1.807, 2.05) is 17.8 Å². The van der Waals surface area contributed by atoms with Gasteiger partial charge in [0, 0.05) is 42.2 Å². The average molecular weight is 605 g/mol. The van der Waals surface area contributed by atoms with Gasteiger partial charge in [-0.1, -0.05) is 12.6 Å². The number of likely N-dealkylation sites (N-methyl/N-ethyl adjacent to an activating group) is 1. The van der Waals surface area contributed by atoms with Crippen molar-refractivity contribution in [2.24, 2.45) is 0 Å². The molecule has 11 heteroatoms. The number of hydrogen-bond donors (Lipinski definition) is 0. The molecule has 2 aromatic rings. The molecule has 10 nitrogen and oxygen atoms in total. The fourth-order valence-corrected chi connectivity index (χ4v) is 7.56. The zero-order chi connectivity index (χ0) is 30.3. The minimum Gasteiger partial charge on any atom is -0.497 e. The van der Waals surface area contributed by atoms with Crippen LogP contribution in [0.4, 0.5) is 5.82 Å². The fraction of sp³-hybridized carbons (Fsp3) is 0.531. The molecule has 3 aliphatic rings. The molecule has 2 saturated heterocycles. The first kappa shape index (κ1) is 30.8. The highest BCUT2D eigenvalue weighted by atomic mass is 32.2. The Bertz CT molecular complexity index is 1380. The first-order valence-corrected chi connectivity index (χ1v) is 16.0. The molecule has 1 aromatic carbocycles. The summed E-state index contributed by atoms with van der Waals surface area (Å²) < 4.78 is 11.5. The van der Waals surface area contributed by atoms with Gasteiger partial charge in [0.15, 0.2) is 6.29 Å². The topological polar surface area (TPSA) is 112 Å². The number of ether oxygens (including phenoxy) is 2. The van der Waals surface area contributed by atoms with Crippen LogP contribution in [0.3, 0.4) is 0 Å². The van der Waals surface area contributed by atoms with Crippen molar-refractivity contribution in [3.8, 4) is 17.8 Å². The molecule has 0 bridgehead atoms. The lowest BCUT2D eigenvalue weighted by molar-refractivity contribution is -0.128. The van der Waals surface area contributed by atoms with E-state index in [2.05, 4.69) is 46.6 Å². The third-order valence-electron chi connectivity index (χ3n) is 8.80. The lowest BCUT2D eigenvalue weighted by Gasteiger charge is -2.41. The van der Waals surface area contributed by atoms with Crippen LogP contribution in [0.5, 0.6) is 11.8 Å². The normalized spacial score (nSPS) is 22.0. The smallest absolute Gasteiger partial charge is 0.319 e. The number of thioether (sulfide) groups is 1. The molecule has 1 amide bonds. The summed E-state index contributed by atoms with van der Waals surface area (Å²) in [5.74, 6) is 2.26. The molecule has 5 rings (SSSR count). The Kier molecular flexibility index (Phi) is 10.2. The SMILES string of the molecule is C=CC(=O)N1CCN(c2nc(OCC3CCCN3C)nc(C=O)c2CC[C@H]2Cc3ccc(OC)cc3CS2)CC1CC#N. The summed E-state index contributed by atoms with van der Waals surface area (Å²) >= 11 is 1.92. The van der Waals surface area contributed by atoms with E-state index in [1.54, 1.807) is 12.0 Å². The lowest BCUT2D eigenvalue weighted by atomic mass is 9.98. The van der Waals surface area contributed by atoms with Crippen LogP contribution >= 0.6 is 11.8 Å². The van der Waals surface area contributed by atoms with Crippen LogP contribution in [0, 0.1) is 11.3 Å². The third kappa shape index (κ3) is 7.13. The Morgan fingerprint density at radius 1 is 1.23 bits per heavy atom. The van der Waals surface area contributed by atoms with Gasteiger partial charge in [-0.25, -0.2) is 0 Å². The monoisotopic (exact) mass is 604 g/mol. The van der Waals surface area contributed by atoms with Crippen molar-refractivity contribution in [3.63, 3.8) is 0 Å². The first-order valence-electron chi connectivity index (χ1n) is 15.0.